The molecule has 7 heteroatoms. The molecule has 2 amide bonds. The molecule has 2 aromatic rings. The molecular formula is C18H21N3O4. The van der Waals surface area contributed by atoms with Crippen LogP contribution in [0.3, 0.4) is 0 Å². The lowest BCUT2D eigenvalue weighted by Gasteiger charge is -2.14. The van der Waals surface area contributed by atoms with E-state index in [1.165, 1.54) is 0 Å². The number of nitrogens with one attached hydrogen (secondary N) is 1. The number of benzene rings is 1. The number of ether oxygens (including phenoxy) is 2. The van der Waals surface area contributed by atoms with E-state index < -0.39 is 6.04 Å². The zero-order valence-electron chi connectivity index (χ0n) is 14.3. The van der Waals surface area contributed by atoms with Crippen LogP contribution in [0.5, 0.6) is 5.75 Å². The van der Waals surface area contributed by atoms with Crippen molar-refractivity contribution in [1.29, 1.82) is 0 Å². The van der Waals surface area contributed by atoms with E-state index >= 15 is 0 Å². The van der Waals surface area contributed by atoms with E-state index in [1.54, 1.807) is 25.1 Å². The third-order valence-corrected chi connectivity index (χ3v) is 4.19. The number of carbonyl (C=O) groups is 2. The van der Waals surface area contributed by atoms with E-state index in [9.17, 15) is 9.59 Å². The molecule has 3 rings (SSSR count). The van der Waals surface area contributed by atoms with Crippen molar-refractivity contribution < 1.29 is 19.1 Å². The van der Waals surface area contributed by atoms with Crippen molar-refractivity contribution in [2.75, 3.05) is 33.9 Å². The lowest BCUT2D eigenvalue weighted by atomic mass is 10.1. The summed E-state index contributed by atoms with van der Waals surface area (Å²) in [6, 6.07) is 8.57. The molecule has 7 nitrogen and oxygen atoms in total. The van der Waals surface area contributed by atoms with E-state index in [-0.39, 0.29) is 17.5 Å². The highest BCUT2D eigenvalue weighted by atomic mass is 16.5. The summed E-state index contributed by atoms with van der Waals surface area (Å²) in [6.45, 7) is 1.46. The number of rotatable bonds is 6. The highest BCUT2D eigenvalue weighted by Crippen LogP contribution is 2.25. The van der Waals surface area contributed by atoms with Crippen LogP contribution in [0.1, 0.15) is 16.9 Å². The number of para-hydroxylation sites is 1. The van der Waals surface area contributed by atoms with Gasteiger partial charge in [0.1, 0.15) is 24.1 Å². The SMILES string of the molecule is COCCOc1cc(C(=O)NC2CCN(C)C2=O)nc2ccccc12. The quantitative estimate of drug-likeness (QED) is 0.798. The molecule has 1 aromatic heterocycles. The summed E-state index contributed by atoms with van der Waals surface area (Å²) in [4.78, 5) is 30.5. The molecule has 0 aliphatic carbocycles. The van der Waals surface area contributed by atoms with Crippen molar-refractivity contribution >= 4 is 22.7 Å². The first-order chi connectivity index (χ1) is 12.1. The molecule has 1 fully saturated rings. The van der Waals surface area contributed by atoms with Gasteiger partial charge in [0.15, 0.2) is 0 Å². The fourth-order valence-corrected chi connectivity index (χ4v) is 2.80. The minimum absolute atomic E-state index is 0.0780. The maximum atomic E-state index is 12.6. The van der Waals surface area contributed by atoms with Gasteiger partial charge in [-0.25, -0.2) is 4.98 Å². The second-order valence-electron chi connectivity index (χ2n) is 5.94. The minimum Gasteiger partial charge on any atom is -0.490 e. The number of carbonyl (C=O) groups excluding carboxylic acids is 2. The molecule has 1 aliphatic rings. The van der Waals surface area contributed by atoms with Crippen LogP contribution in [-0.4, -0.2) is 61.7 Å². The Kier molecular flexibility index (Phi) is 5.14. The molecule has 0 spiro atoms. The van der Waals surface area contributed by atoms with Crippen molar-refractivity contribution in [1.82, 2.24) is 15.2 Å². The molecule has 0 bridgehead atoms. The monoisotopic (exact) mass is 343 g/mol. The van der Waals surface area contributed by atoms with Gasteiger partial charge in [0.25, 0.3) is 5.91 Å². The second kappa shape index (κ2) is 7.48. The lowest BCUT2D eigenvalue weighted by Crippen LogP contribution is -2.40. The van der Waals surface area contributed by atoms with Crippen LogP contribution in [0.25, 0.3) is 10.9 Å². The number of nitrogens with zero attached hydrogens (tertiary/aromatic N) is 2. The number of amides is 2. The third-order valence-electron chi connectivity index (χ3n) is 4.19. The number of methoxy groups -OCH3 is 1. The highest BCUT2D eigenvalue weighted by molar-refractivity contribution is 5.99. The normalized spacial score (nSPS) is 17.1. The predicted octanol–water partition coefficient (Wildman–Crippen LogP) is 1.22. The third kappa shape index (κ3) is 3.71. The van der Waals surface area contributed by atoms with Gasteiger partial charge in [-0.3, -0.25) is 9.59 Å². The molecule has 25 heavy (non-hydrogen) atoms. The van der Waals surface area contributed by atoms with Crippen molar-refractivity contribution in [2.24, 2.45) is 0 Å². The summed E-state index contributed by atoms with van der Waals surface area (Å²) < 4.78 is 10.7. The summed E-state index contributed by atoms with van der Waals surface area (Å²) in [5.41, 5.74) is 0.894. The van der Waals surface area contributed by atoms with Gasteiger partial charge in [-0.15, -0.1) is 0 Å². The van der Waals surface area contributed by atoms with Crippen LogP contribution < -0.4 is 10.1 Å². The van der Waals surface area contributed by atoms with Crippen LogP contribution in [-0.2, 0) is 9.53 Å². The highest BCUT2D eigenvalue weighted by Gasteiger charge is 2.30. The van der Waals surface area contributed by atoms with Crippen molar-refractivity contribution in [3.05, 3.63) is 36.0 Å². The molecular weight excluding hydrogens is 322 g/mol. The molecule has 1 N–H and O–H groups in total. The van der Waals surface area contributed by atoms with Crippen LogP contribution >= 0.6 is 0 Å². The zero-order chi connectivity index (χ0) is 17.8. The molecule has 0 saturated carbocycles. The van der Waals surface area contributed by atoms with Crippen molar-refractivity contribution in [3.63, 3.8) is 0 Å². The number of hydrogen-bond donors (Lipinski definition) is 1. The number of pyridine rings is 1. The van der Waals surface area contributed by atoms with Gasteiger partial charge in [0, 0.05) is 32.2 Å². The Morgan fingerprint density at radius 1 is 1.36 bits per heavy atom. The van der Waals surface area contributed by atoms with E-state index in [0.29, 0.717) is 37.4 Å². The number of aromatic nitrogens is 1. The van der Waals surface area contributed by atoms with Crippen LogP contribution in [0.15, 0.2) is 30.3 Å². The summed E-state index contributed by atoms with van der Waals surface area (Å²) in [6.07, 6.45) is 0.603. The van der Waals surface area contributed by atoms with Gasteiger partial charge >= 0.3 is 0 Å². The summed E-state index contributed by atoms with van der Waals surface area (Å²) >= 11 is 0. The van der Waals surface area contributed by atoms with Gasteiger partial charge in [0.05, 0.1) is 12.1 Å². The fourth-order valence-electron chi connectivity index (χ4n) is 2.80. The van der Waals surface area contributed by atoms with Crippen molar-refractivity contribution in [3.8, 4) is 5.75 Å². The fraction of sp³-hybridized carbons (Fsp3) is 0.389. The van der Waals surface area contributed by atoms with Crippen LogP contribution in [0.4, 0.5) is 0 Å². The Morgan fingerprint density at radius 2 is 2.16 bits per heavy atom. The molecule has 132 valence electrons. The molecule has 0 radical (unpaired) electrons. The standard InChI is InChI=1S/C18H21N3O4/c1-21-8-7-14(18(21)23)20-17(22)15-11-16(25-10-9-24-2)12-5-3-4-6-13(12)19-15/h3-6,11,14H,7-10H2,1-2H3,(H,20,22). The minimum atomic E-state index is -0.497. The Hall–Kier alpha value is -2.67. The predicted molar refractivity (Wildman–Crippen MR) is 92.6 cm³/mol. The van der Waals surface area contributed by atoms with E-state index in [2.05, 4.69) is 10.3 Å². The Bertz CT molecular complexity index is 793. The maximum Gasteiger partial charge on any atom is 0.270 e. The topological polar surface area (TPSA) is 80.8 Å². The van der Waals surface area contributed by atoms with Gasteiger partial charge in [-0.05, 0) is 18.6 Å². The summed E-state index contributed by atoms with van der Waals surface area (Å²) in [5.74, 6) is 0.115. The Morgan fingerprint density at radius 3 is 2.88 bits per heavy atom. The molecule has 1 atom stereocenters. The first kappa shape index (κ1) is 17.2. The number of fused-ring (bicyclic) bond motifs is 1. The van der Waals surface area contributed by atoms with E-state index in [1.807, 2.05) is 24.3 Å². The first-order valence-corrected chi connectivity index (χ1v) is 8.17. The first-order valence-electron chi connectivity index (χ1n) is 8.17. The zero-order valence-corrected chi connectivity index (χ0v) is 14.3. The van der Waals surface area contributed by atoms with Gasteiger partial charge in [0.2, 0.25) is 5.91 Å². The van der Waals surface area contributed by atoms with E-state index in [0.717, 1.165) is 5.39 Å². The molecule has 1 saturated heterocycles. The summed E-state index contributed by atoms with van der Waals surface area (Å²) in [7, 11) is 3.33. The van der Waals surface area contributed by atoms with E-state index in [4.69, 9.17) is 9.47 Å². The second-order valence-corrected chi connectivity index (χ2v) is 5.94. The molecule has 1 aromatic carbocycles. The smallest absolute Gasteiger partial charge is 0.270 e. The van der Waals surface area contributed by atoms with Gasteiger partial charge in [-0.1, -0.05) is 12.1 Å². The summed E-state index contributed by atoms with van der Waals surface area (Å²) in [5, 5.41) is 3.59. The molecule has 1 unspecified atom stereocenters. The molecule has 1 aliphatic heterocycles. The number of hydrogen-bond acceptors (Lipinski definition) is 5. The lowest BCUT2D eigenvalue weighted by molar-refractivity contribution is -0.128. The number of likely N-dealkylation sites (tertiary alicyclic amines) is 1. The largest absolute Gasteiger partial charge is 0.490 e. The van der Waals surface area contributed by atoms with Crippen LogP contribution in [0, 0.1) is 0 Å². The average molecular weight is 343 g/mol. The van der Waals surface area contributed by atoms with Gasteiger partial charge < -0.3 is 19.7 Å². The van der Waals surface area contributed by atoms with Crippen molar-refractivity contribution in [2.45, 2.75) is 12.5 Å². The average Bonchev–Trinajstić information content (AvgIpc) is 2.93. The maximum absolute atomic E-state index is 12.6. The van der Waals surface area contributed by atoms with Crippen LogP contribution in [0.2, 0.25) is 0 Å². The van der Waals surface area contributed by atoms with Gasteiger partial charge in [-0.2, -0.15) is 0 Å². The molecule has 2 heterocycles. The Labute approximate surface area is 145 Å². The number of likely N-dealkylation sites (N-methyl/N-ethyl adjacent to an activating group) is 1. The Balaban J connectivity index is 1.85.